The Labute approximate surface area is 114 Å². The summed E-state index contributed by atoms with van der Waals surface area (Å²) in [4.78, 5) is 10.6. The van der Waals surface area contributed by atoms with Crippen LogP contribution in [0.15, 0.2) is 12.2 Å². The molecule has 0 amide bonds. The number of nitrogens with zero attached hydrogens (tertiary/aromatic N) is 1. The van der Waals surface area contributed by atoms with Crippen LogP contribution in [0.1, 0.15) is 32.6 Å². The van der Waals surface area contributed by atoms with Gasteiger partial charge in [0.1, 0.15) is 6.54 Å². The Hall–Kier alpha value is -0.950. The molecule has 0 unspecified atom stereocenters. The Morgan fingerprint density at radius 2 is 1.95 bits per heavy atom. The second-order valence-corrected chi connectivity index (χ2v) is 4.61. The Morgan fingerprint density at radius 3 is 2.47 bits per heavy atom. The highest BCUT2D eigenvalue weighted by molar-refractivity contribution is 5.65. The maximum atomic E-state index is 10.6. The number of ether oxygens (including phenoxy) is 1. The summed E-state index contributed by atoms with van der Waals surface area (Å²) in [6.45, 7) is 0.992. The van der Waals surface area contributed by atoms with Gasteiger partial charge in [-0.15, -0.1) is 0 Å². The van der Waals surface area contributed by atoms with Gasteiger partial charge in [-0.25, -0.2) is 0 Å². The minimum atomic E-state index is -1.32. The highest BCUT2D eigenvalue weighted by atomic mass is 16.5. The van der Waals surface area contributed by atoms with Crippen molar-refractivity contribution >= 4 is 5.97 Å². The molecule has 0 aliphatic carbocycles. The van der Waals surface area contributed by atoms with Crippen molar-refractivity contribution in [1.82, 2.24) is 0 Å². The van der Waals surface area contributed by atoms with E-state index < -0.39 is 30.5 Å². The number of aliphatic hydroxyl groups excluding tert-OH is 2. The predicted molar refractivity (Wildman–Crippen MR) is 68.4 cm³/mol. The monoisotopic (exact) mass is 275 g/mol. The molecule has 0 spiro atoms. The fraction of sp³-hybridized carbons (Fsp3) is 0.769. The molecule has 0 bridgehead atoms. The number of carbonyl (C=O) groups is 1. The lowest BCUT2D eigenvalue weighted by Gasteiger charge is -2.33. The summed E-state index contributed by atoms with van der Waals surface area (Å²) in [6, 6.07) is 0. The summed E-state index contributed by atoms with van der Waals surface area (Å²) < 4.78 is 4.89. The fourth-order valence-electron chi connectivity index (χ4n) is 1.61. The number of carboxylic acid groups (broad SMARTS) is 1. The third-order valence-corrected chi connectivity index (χ3v) is 2.82. The number of rotatable bonds is 12. The van der Waals surface area contributed by atoms with Gasteiger partial charge in [-0.3, -0.25) is 4.48 Å². The van der Waals surface area contributed by atoms with Gasteiger partial charge in [-0.05, 0) is 26.2 Å². The molecule has 6 nitrogen and oxygen atoms in total. The Bertz CT molecular complexity index is 264. The van der Waals surface area contributed by atoms with Crippen LogP contribution in [0.4, 0.5) is 0 Å². The van der Waals surface area contributed by atoms with Crippen LogP contribution in [0.3, 0.4) is 0 Å². The van der Waals surface area contributed by atoms with Crippen molar-refractivity contribution in [2.75, 3.05) is 33.3 Å². The van der Waals surface area contributed by atoms with Gasteiger partial charge >= 0.3 is 0 Å². The first-order chi connectivity index (χ1) is 9.10. The van der Waals surface area contributed by atoms with Crippen molar-refractivity contribution in [3.63, 3.8) is 0 Å². The molecule has 0 aromatic carbocycles. The van der Waals surface area contributed by atoms with E-state index >= 15 is 0 Å². The summed E-state index contributed by atoms with van der Waals surface area (Å²) in [7, 11) is 0. The van der Waals surface area contributed by atoms with Gasteiger partial charge in [-0.2, -0.15) is 0 Å². The molecule has 0 aromatic heterocycles. The van der Waals surface area contributed by atoms with E-state index in [2.05, 4.69) is 6.08 Å². The smallest absolute Gasteiger partial charge is 0.187 e. The van der Waals surface area contributed by atoms with Crippen LogP contribution >= 0.6 is 0 Å². The van der Waals surface area contributed by atoms with E-state index in [0.29, 0.717) is 6.61 Å². The number of aliphatic hydroxyl groups is 2. The molecule has 0 aromatic rings. The van der Waals surface area contributed by atoms with Gasteiger partial charge in [0.2, 0.25) is 0 Å². The van der Waals surface area contributed by atoms with Crippen molar-refractivity contribution in [1.29, 1.82) is 0 Å². The molecule has 0 aliphatic heterocycles. The van der Waals surface area contributed by atoms with Gasteiger partial charge in [0.05, 0.1) is 12.6 Å². The third-order valence-electron chi connectivity index (χ3n) is 2.82. The van der Waals surface area contributed by atoms with Crippen LogP contribution in [0.5, 0.6) is 0 Å². The zero-order chi connectivity index (χ0) is 14.6. The molecule has 0 aliphatic rings. The minimum Gasteiger partial charge on any atom is -0.544 e. The van der Waals surface area contributed by atoms with Crippen molar-refractivity contribution < 1.29 is 29.3 Å². The second kappa shape index (κ2) is 10.9. The van der Waals surface area contributed by atoms with Gasteiger partial charge in [0.25, 0.3) is 0 Å². The Morgan fingerprint density at radius 1 is 1.26 bits per heavy atom. The van der Waals surface area contributed by atoms with E-state index in [4.69, 9.17) is 14.9 Å². The van der Waals surface area contributed by atoms with Crippen LogP contribution in [-0.4, -0.2) is 54.0 Å². The first kappa shape index (κ1) is 18.0. The first-order valence-corrected chi connectivity index (χ1v) is 6.56. The van der Waals surface area contributed by atoms with Gasteiger partial charge in [-0.1, -0.05) is 18.6 Å². The lowest BCUT2D eigenvalue weighted by atomic mass is 10.2. The molecule has 2 N–H and O–H groups in total. The molecule has 0 fully saturated rings. The minimum absolute atomic E-state index is 0.0319. The van der Waals surface area contributed by atoms with Crippen LogP contribution in [-0.2, 0) is 9.53 Å². The normalized spacial score (nSPS) is 12.2. The average molecular weight is 275 g/mol. The zero-order valence-corrected chi connectivity index (χ0v) is 11.6. The topological polar surface area (TPSA) is 89.8 Å². The quantitative estimate of drug-likeness (QED) is 0.218. The highest BCUT2D eigenvalue weighted by Crippen LogP contribution is 2.06. The summed E-state index contributed by atoms with van der Waals surface area (Å²) in [6.07, 6.45) is 8.18. The van der Waals surface area contributed by atoms with E-state index in [0.717, 1.165) is 25.7 Å². The van der Waals surface area contributed by atoms with Crippen molar-refractivity contribution in [2.45, 2.75) is 32.6 Å². The number of aliphatic carboxylic acids is 1. The van der Waals surface area contributed by atoms with Crippen molar-refractivity contribution in [2.24, 2.45) is 0 Å². The van der Waals surface area contributed by atoms with E-state index in [-0.39, 0.29) is 6.73 Å². The number of carbonyl (C=O) groups excluding carboxylic acids is 1. The Balaban J connectivity index is 3.78. The van der Waals surface area contributed by atoms with E-state index in [1.165, 1.54) is 0 Å². The maximum absolute atomic E-state index is 10.6. The lowest BCUT2D eigenvalue weighted by Crippen LogP contribution is -2.56. The molecule has 0 atom stereocenters. The van der Waals surface area contributed by atoms with Crippen LogP contribution in [0.25, 0.3) is 0 Å². The number of hydrogen-bond acceptors (Lipinski definition) is 5. The molecule has 112 valence electrons. The molecule has 6 heteroatoms. The van der Waals surface area contributed by atoms with Gasteiger partial charge in [0.15, 0.2) is 20.2 Å². The maximum Gasteiger partial charge on any atom is 0.187 e. The summed E-state index contributed by atoms with van der Waals surface area (Å²) in [5.41, 5.74) is 0. The number of hydrogen-bond donors (Lipinski definition) is 2. The summed E-state index contributed by atoms with van der Waals surface area (Å²) >= 11 is 0. The van der Waals surface area contributed by atoms with Crippen molar-refractivity contribution in [3.8, 4) is 0 Å². The number of allylic oxidation sites excluding steroid dienone is 2. The van der Waals surface area contributed by atoms with E-state index in [1.54, 1.807) is 0 Å². The van der Waals surface area contributed by atoms with Crippen molar-refractivity contribution in [3.05, 3.63) is 12.2 Å². The molecule has 19 heavy (non-hydrogen) atoms. The molecule has 0 saturated heterocycles. The van der Waals surface area contributed by atoms with Gasteiger partial charge in [0, 0.05) is 0 Å². The zero-order valence-electron chi connectivity index (χ0n) is 11.6. The van der Waals surface area contributed by atoms with Gasteiger partial charge < -0.3 is 24.9 Å². The standard InChI is InChI=1S/C13H25NO5/c1-2-3-4-5-6-7-8-19-12-14(10-15,11-16)9-13(17)18/h2-3,15-16H,4-12H2,1H3/b3-2+. The first-order valence-electron chi connectivity index (χ1n) is 6.56. The van der Waals surface area contributed by atoms with E-state index in [9.17, 15) is 9.90 Å². The third kappa shape index (κ3) is 8.72. The van der Waals surface area contributed by atoms with E-state index in [1.807, 2.05) is 13.0 Å². The number of carboxylic acids is 1. The predicted octanol–water partition coefficient (Wildman–Crippen LogP) is -0.437. The average Bonchev–Trinajstić information content (AvgIpc) is 2.40. The SMILES string of the molecule is C/C=C/CCCCCOC[N+](CO)(CO)CC(=O)[O-]. The molecule has 0 heterocycles. The van der Waals surface area contributed by atoms with Crippen LogP contribution < -0.4 is 5.11 Å². The molecule has 0 radical (unpaired) electrons. The molecule has 0 rings (SSSR count). The second-order valence-electron chi connectivity index (χ2n) is 4.61. The highest BCUT2D eigenvalue weighted by Gasteiger charge is 2.25. The molecule has 0 saturated carbocycles. The fourth-order valence-corrected chi connectivity index (χ4v) is 1.61. The summed E-state index contributed by atoms with van der Waals surface area (Å²) in [5, 5.41) is 28.9. The Kier molecular flexibility index (Phi) is 10.4. The van der Waals surface area contributed by atoms with Crippen LogP contribution in [0.2, 0.25) is 0 Å². The molecular formula is C13H25NO5. The lowest BCUT2D eigenvalue weighted by molar-refractivity contribution is -0.972. The number of unbranched alkanes of at least 4 members (excludes halogenated alkanes) is 3. The number of quaternary nitrogens is 1. The van der Waals surface area contributed by atoms with Crippen LogP contribution in [0, 0.1) is 0 Å². The largest absolute Gasteiger partial charge is 0.544 e. The summed E-state index contributed by atoms with van der Waals surface area (Å²) in [5.74, 6) is -1.32. The molecular weight excluding hydrogens is 250 g/mol.